The molecular weight excluding hydrogens is 255 g/mol. The first-order valence-corrected chi connectivity index (χ1v) is 7.44. The van der Waals surface area contributed by atoms with E-state index in [0.29, 0.717) is 18.5 Å². The first-order chi connectivity index (χ1) is 8.48. The Labute approximate surface area is 105 Å². The number of hydrogen-bond acceptors (Lipinski definition) is 4. The fourth-order valence-corrected chi connectivity index (χ4v) is 3.74. The van der Waals surface area contributed by atoms with Gasteiger partial charge in [0.1, 0.15) is 5.82 Å². The van der Waals surface area contributed by atoms with Crippen molar-refractivity contribution in [3.05, 3.63) is 35.1 Å². The van der Waals surface area contributed by atoms with Gasteiger partial charge in [-0.25, -0.2) is 12.8 Å². The zero-order chi connectivity index (χ0) is 13.2. The van der Waals surface area contributed by atoms with Gasteiger partial charge in [0.15, 0.2) is 9.84 Å². The smallest absolute Gasteiger partial charge is 0.151 e. The Morgan fingerprint density at radius 2 is 2.22 bits per heavy atom. The minimum Gasteiger partial charge on any atom is -0.309 e. The van der Waals surface area contributed by atoms with Crippen LogP contribution in [0.15, 0.2) is 18.2 Å². The van der Waals surface area contributed by atoms with Crippen LogP contribution in [0, 0.1) is 17.1 Å². The van der Waals surface area contributed by atoms with Gasteiger partial charge < -0.3 is 5.32 Å². The van der Waals surface area contributed by atoms with Crippen molar-refractivity contribution in [3.8, 4) is 6.07 Å². The fraction of sp³-hybridized carbons (Fsp3) is 0.417. The number of sulfone groups is 1. The molecule has 0 saturated carbocycles. The molecule has 1 saturated heterocycles. The zero-order valence-corrected chi connectivity index (χ0v) is 10.5. The van der Waals surface area contributed by atoms with Gasteiger partial charge in [-0.05, 0) is 30.2 Å². The van der Waals surface area contributed by atoms with Gasteiger partial charge in [0.25, 0.3) is 0 Å². The minimum atomic E-state index is -2.91. The molecule has 96 valence electrons. The third-order valence-electron chi connectivity index (χ3n) is 2.91. The van der Waals surface area contributed by atoms with Gasteiger partial charge in [0.05, 0.1) is 23.1 Å². The summed E-state index contributed by atoms with van der Waals surface area (Å²) < 4.78 is 35.7. The number of benzene rings is 1. The Bertz CT molecular complexity index is 593. The van der Waals surface area contributed by atoms with Crippen LogP contribution in [0.25, 0.3) is 0 Å². The van der Waals surface area contributed by atoms with Gasteiger partial charge in [0.2, 0.25) is 0 Å². The molecule has 0 aliphatic carbocycles. The number of halogens is 1. The molecule has 1 atom stereocenters. The van der Waals surface area contributed by atoms with Crippen molar-refractivity contribution in [2.75, 3.05) is 11.5 Å². The topological polar surface area (TPSA) is 70.0 Å². The second-order valence-corrected chi connectivity index (χ2v) is 6.67. The third kappa shape index (κ3) is 3.28. The van der Waals surface area contributed by atoms with Crippen LogP contribution >= 0.6 is 0 Å². The Balaban J connectivity index is 1.99. The molecule has 1 fully saturated rings. The largest absolute Gasteiger partial charge is 0.309 e. The van der Waals surface area contributed by atoms with Crippen molar-refractivity contribution >= 4 is 9.84 Å². The lowest BCUT2D eigenvalue weighted by Crippen LogP contribution is -2.29. The van der Waals surface area contributed by atoms with Crippen molar-refractivity contribution in [3.63, 3.8) is 0 Å². The van der Waals surface area contributed by atoms with Crippen molar-refractivity contribution < 1.29 is 12.8 Å². The van der Waals surface area contributed by atoms with Gasteiger partial charge in [-0.3, -0.25) is 0 Å². The van der Waals surface area contributed by atoms with E-state index in [1.807, 2.05) is 6.07 Å². The van der Waals surface area contributed by atoms with E-state index in [1.54, 1.807) is 6.07 Å². The lowest BCUT2D eigenvalue weighted by atomic mass is 10.1. The first kappa shape index (κ1) is 13.0. The molecule has 0 radical (unpaired) electrons. The maximum absolute atomic E-state index is 13.2. The van der Waals surface area contributed by atoms with Crippen LogP contribution in [0.3, 0.4) is 0 Å². The van der Waals surface area contributed by atoms with Crippen LogP contribution in [0.1, 0.15) is 17.5 Å². The molecule has 1 aromatic carbocycles. The van der Waals surface area contributed by atoms with E-state index in [2.05, 4.69) is 5.32 Å². The summed E-state index contributed by atoms with van der Waals surface area (Å²) in [7, 11) is -2.91. The van der Waals surface area contributed by atoms with Crippen LogP contribution in [0.2, 0.25) is 0 Å². The Kier molecular flexibility index (Phi) is 3.64. The van der Waals surface area contributed by atoms with E-state index in [1.165, 1.54) is 12.1 Å². The molecular formula is C12H13FN2O2S. The van der Waals surface area contributed by atoms with Gasteiger partial charge in [0, 0.05) is 12.6 Å². The highest BCUT2D eigenvalue weighted by molar-refractivity contribution is 7.91. The van der Waals surface area contributed by atoms with Crippen molar-refractivity contribution in [2.45, 2.75) is 19.0 Å². The molecule has 1 N–H and O–H groups in total. The van der Waals surface area contributed by atoms with Gasteiger partial charge in [-0.2, -0.15) is 5.26 Å². The molecule has 0 amide bonds. The lowest BCUT2D eigenvalue weighted by molar-refractivity contribution is 0.550. The van der Waals surface area contributed by atoms with Crippen LogP contribution < -0.4 is 5.32 Å². The molecule has 2 rings (SSSR count). The number of nitrogens with zero attached hydrogens (tertiary/aromatic N) is 1. The van der Waals surface area contributed by atoms with E-state index in [0.717, 1.165) is 0 Å². The number of nitriles is 1. The summed E-state index contributed by atoms with van der Waals surface area (Å²) in [6, 6.07) is 5.92. The SMILES string of the molecule is N#Cc1cc(F)cc(CNC2CCS(=O)(=O)C2)c1. The highest BCUT2D eigenvalue weighted by atomic mass is 32.2. The summed E-state index contributed by atoms with van der Waals surface area (Å²) >= 11 is 0. The Morgan fingerprint density at radius 3 is 2.83 bits per heavy atom. The lowest BCUT2D eigenvalue weighted by Gasteiger charge is -2.10. The van der Waals surface area contributed by atoms with Crippen LogP contribution in [0.4, 0.5) is 4.39 Å². The number of nitrogens with one attached hydrogen (secondary N) is 1. The van der Waals surface area contributed by atoms with E-state index < -0.39 is 15.7 Å². The van der Waals surface area contributed by atoms with Gasteiger partial charge >= 0.3 is 0 Å². The summed E-state index contributed by atoms with van der Waals surface area (Å²) in [4.78, 5) is 0. The summed E-state index contributed by atoms with van der Waals surface area (Å²) in [5.41, 5.74) is 0.918. The Hall–Kier alpha value is -1.45. The first-order valence-electron chi connectivity index (χ1n) is 5.62. The molecule has 0 bridgehead atoms. The highest BCUT2D eigenvalue weighted by Gasteiger charge is 2.27. The maximum atomic E-state index is 13.2. The van der Waals surface area contributed by atoms with Crippen molar-refractivity contribution in [1.29, 1.82) is 5.26 Å². The predicted octanol–water partition coefficient (Wildman–Crippen LogP) is 0.974. The highest BCUT2D eigenvalue weighted by Crippen LogP contribution is 2.13. The summed E-state index contributed by atoms with van der Waals surface area (Å²) in [6.07, 6.45) is 0.586. The summed E-state index contributed by atoms with van der Waals surface area (Å²) in [5, 5.41) is 11.8. The second-order valence-electron chi connectivity index (χ2n) is 4.44. The molecule has 1 aromatic rings. The van der Waals surface area contributed by atoms with Crippen LogP contribution in [-0.2, 0) is 16.4 Å². The summed E-state index contributed by atoms with van der Waals surface area (Å²) in [6.45, 7) is 0.368. The third-order valence-corrected chi connectivity index (χ3v) is 4.68. The molecule has 18 heavy (non-hydrogen) atoms. The van der Waals surface area contributed by atoms with Gasteiger partial charge in [-0.15, -0.1) is 0 Å². The molecule has 1 aliphatic rings. The summed E-state index contributed by atoms with van der Waals surface area (Å²) in [5.74, 6) is -0.116. The monoisotopic (exact) mass is 268 g/mol. The second kappa shape index (κ2) is 5.04. The number of hydrogen-bond donors (Lipinski definition) is 1. The molecule has 1 unspecified atom stereocenters. The fourth-order valence-electron chi connectivity index (χ4n) is 2.04. The molecule has 0 aromatic heterocycles. The molecule has 1 heterocycles. The Morgan fingerprint density at radius 1 is 1.44 bits per heavy atom. The van der Waals surface area contributed by atoms with Crippen LogP contribution in [-0.4, -0.2) is 26.0 Å². The zero-order valence-electron chi connectivity index (χ0n) is 9.69. The quantitative estimate of drug-likeness (QED) is 0.887. The number of rotatable bonds is 3. The standard InChI is InChI=1S/C12H13FN2O2S/c13-11-4-9(6-14)3-10(5-11)7-15-12-1-2-18(16,17)8-12/h3-5,12,15H,1-2,7-8H2. The average molecular weight is 268 g/mol. The van der Waals surface area contributed by atoms with Crippen molar-refractivity contribution in [2.24, 2.45) is 0 Å². The van der Waals surface area contributed by atoms with E-state index >= 15 is 0 Å². The maximum Gasteiger partial charge on any atom is 0.151 e. The molecule has 0 spiro atoms. The van der Waals surface area contributed by atoms with E-state index in [4.69, 9.17) is 5.26 Å². The van der Waals surface area contributed by atoms with Gasteiger partial charge in [-0.1, -0.05) is 0 Å². The molecule has 1 aliphatic heterocycles. The van der Waals surface area contributed by atoms with E-state index in [-0.39, 0.29) is 23.1 Å². The van der Waals surface area contributed by atoms with E-state index in [9.17, 15) is 12.8 Å². The molecule has 6 heteroatoms. The normalized spacial score (nSPS) is 21.7. The molecule has 4 nitrogen and oxygen atoms in total. The predicted molar refractivity (Wildman–Crippen MR) is 65.0 cm³/mol. The van der Waals surface area contributed by atoms with Crippen molar-refractivity contribution in [1.82, 2.24) is 5.32 Å². The minimum absolute atomic E-state index is 0.0798. The average Bonchev–Trinajstić information content (AvgIpc) is 2.65. The van der Waals surface area contributed by atoms with Crippen LogP contribution in [0.5, 0.6) is 0 Å².